The Labute approximate surface area is 103 Å². The number of sulfone groups is 1. The Morgan fingerprint density at radius 1 is 1.50 bits per heavy atom. The van der Waals surface area contributed by atoms with Crippen LogP contribution in [0, 0.1) is 0 Å². The van der Waals surface area contributed by atoms with Crippen molar-refractivity contribution in [3.63, 3.8) is 0 Å². The molecular weight excluding hydrogens is 296 g/mol. The first-order valence-electron chi connectivity index (χ1n) is 4.57. The molecule has 0 bridgehead atoms. The van der Waals surface area contributed by atoms with E-state index in [1.54, 1.807) is 6.07 Å². The summed E-state index contributed by atoms with van der Waals surface area (Å²) in [7, 11) is -1.46. The van der Waals surface area contributed by atoms with E-state index in [2.05, 4.69) is 25.9 Å². The van der Waals surface area contributed by atoms with Crippen LogP contribution < -0.4 is 4.74 Å². The largest absolute Gasteiger partial charge is 0.481 e. The molecule has 16 heavy (non-hydrogen) atoms. The molecule has 0 amide bonds. The molecule has 0 aliphatic heterocycles. The predicted octanol–water partition coefficient (Wildman–Crippen LogP) is 0.836. The fraction of sp³-hybridized carbons (Fsp3) is 0.556. The van der Waals surface area contributed by atoms with Gasteiger partial charge in [-0.1, -0.05) is 15.9 Å². The van der Waals surface area contributed by atoms with Crippen molar-refractivity contribution in [1.82, 2.24) is 9.97 Å². The van der Waals surface area contributed by atoms with Crippen molar-refractivity contribution in [3.05, 3.63) is 18.1 Å². The van der Waals surface area contributed by atoms with Crippen LogP contribution in [0.25, 0.3) is 0 Å². The van der Waals surface area contributed by atoms with Crippen molar-refractivity contribution in [2.75, 3.05) is 19.1 Å². The van der Waals surface area contributed by atoms with Crippen LogP contribution in [0.15, 0.2) is 12.4 Å². The van der Waals surface area contributed by atoms with E-state index >= 15 is 0 Å². The van der Waals surface area contributed by atoms with Gasteiger partial charge in [-0.15, -0.1) is 0 Å². The Balaban J connectivity index is 2.65. The maximum Gasteiger partial charge on any atom is 0.216 e. The van der Waals surface area contributed by atoms with Gasteiger partial charge in [0.25, 0.3) is 0 Å². The van der Waals surface area contributed by atoms with E-state index in [4.69, 9.17) is 4.74 Å². The zero-order valence-electron chi connectivity index (χ0n) is 9.05. The molecule has 0 radical (unpaired) electrons. The smallest absolute Gasteiger partial charge is 0.216 e. The minimum absolute atomic E-state index is 0.0827. The number of rotatable bonds is 5. The first-order valence-corrected chi connectivity index (χ1v) is 7.55. The summed E-state index contributed by atoms with van der Waals surface area (Å²) >= 11 is 3.32. The third kappa shape index (κ3) is 4.89. The molecule has 0 fully saturated rings. The summed E-state index contributed by atoms with van der Waals surface area (Å²) in [4.78, 5) is 7.76. The number of aromatic nitrogens is 2. The molecule has 1 aromatic rings. The van der Waals surface area contributed by atoms with Gasteiger partial charge in [-0.25, -0.2) is 18.4 Å². The molecule has 1 aromatic heterocycles. The van der Waals surface area contributed by atoms with E-state index in [-0.39, 0.29) is 10.6 Å². The Morgan fingerprint density at radius 3 is 2.75 bits per heavy atom. The normalized spacial score (nSPS) is 13.4. The second-order valence-corrected chi connectivity index (χ2v) is 6.93. The van der Waals surface area contributed by atoms with Crippen LogP contribution in [-0.4, -0.2) is 42.3 Å². The Hall–Kier alpha value is -0.690. The van der Waals surface area contributed by atoms with Gasteiger partial charge in [0.15, 0.2) is 0 Å². The minimum atomic E-state index is -2.98. The molecule has 0 aliphatic rings. The van der Waals surface area contributed by atoms with Gasteiger partial charge in [-0.2, -0.15) is 0 Å². The Morgan fingerprint density at radius 2 is 2.19 bits per heavy atom. The SMILES string of the molecule is COc1cc(CC(Br)CS(C)(=O)=O)ncn1. The first-order chi connectivity index (χ1) is 7.40. The molecular formula is C9H13BrN2O3S. The van der Waals surface area contributed by atoms with Gasteiger partial charge >= 0.3 is 0 Å². The zero-order chi connectivity index (χ0) is 12.2. The number of hydrogen-bond donors (Lipinski definition) is 0. The lowest BCUT2D eigenvalue weighted by Gasteiger charge is -2.08. The topological polar surface area (TPSA) is 69.2 Å². The van der Waals surface area contributed by atoms with Crippen LogP contribution >= 0.6 is 15.9 Å². The average Bonchev–Trinajstić information content (AvgIpc) is 2.15. The highest BCUT2D eigenvalue weighted by molar-refractivity contribution is 9.09. The highest BCUT2D eigenvalue weighted by Crippen LogP contribution is 2.13. The predicted molar refractivity (Wildman–Crippen MR) is 64.7 cm³/mol. The molecule has 0 N–H and O–H groups in total. The molecule has 0 saturated carbocycles. The van der Waals surface area contributed by atoms with Gasteiger partial charge < -0.3 is 4.74 Å². The lowest BCUT2D eigenvalue weighted by atomic mass is 10.2. The van der Waals surface area contributed by atoms with Crippen molar-refractivity contribution in [1.29, 1.82) is 0 Å². The number of hydrogen-bond acceptors (Lipinski definition) is 5. The van der Waals surface area contributed by atoms with Crippen LogP contribution in [0.5, 0.6) is 5.88 Å². The molecule has 5 nitrogen and oxygen atoms in total. The second kappa shape index (κ2) is 5.58. The van der Waals surface area contributed by atoms with E-state index in [1.807, 2.05) is 0 Å². The van der Waals surface area contributed by atoms with Crippen molar-refractivity contribution in [3.8, 4) is 5.88 Å². The second-order valence-electron chi connectivity index (χ2n) is 3.45. The molecule has 1 unspecified atom stereocenters. The van der Waals surface area contributed by atoms with Gasteiger partial charge in [0, 0.05) is 29.3 Å². The summed E-state index contributed by atoms with van der Waals surface area (Å²) in [6, 6.07) is 1.69. The maximum absolute atomic E-state index is 11.1. The molecule has 7 heteroatoms. The molecule has 1 heterocycles. The standard InChI is InChI=1S/C9H13BrN2O3S/c1-15-9-4-8(11-6-12-9)3-7(10)5-16(2,13)14/h4,6-7H,3,5H2,1-2H3. The van der Waals surface area contributed by atoms with E-state index in [0.29, 0.717) is 12.3 Å². The summed E-state index contributed by atoms with van der Waals surface area (Å²) in [6.07, 6.45) is 3.13. The highest BCUT2D eigenvalue weighted by atomic mass is 79.9. The van der Waals surface area contributed by atoms with Crippen LogP contribution in [0.1, 0.15) is 5.69 Å². The molecule has 0 aliphatic carbocycles. The molecule has 90 valence electrons. The molecule has 0 spiro atoms. The summed E-state index contributed by atoms with van der Waals surface area (Å²) in [6.45, 7) is 0. The average molecular weight is 309 g/mol. The zero-order valence-corrected chi connectivity index (χ0v) is 11.5. The third-order valence-corrected chi connectivity index (χ3v) is 3.91. The van der Waals surface area contributed by atoms with E-state index < -0.39 is 9.84 Å². The highest BCUT2D eigenvalue weighted by Gasteiger charge is 2.13. The molecule has 0 aromatic carbocycles. The fourth-order valence-electron chi connectivity index (χ4n) is 1.21. The summed E-state index contributed by atoms with van der Waals surface area (Å²) < 4.78 is 27.1. The monoisotopic (exact) mass is 308 g/mol. The van der Waals surface area contributed by atoms with Crippen molar-refractivity contribution >= 4 is 25.8 Å². The number of ether oxygens (including phenoxy) is 1. The number of methoxy groups -OCH3 is 1. The van der Waals surface area contributed by atoms with Gasteiger partial charge in [0.05, 0.1) is 12.9 Å². The molecule has 1 atom stereocenters. The van der Waals surface area contributed by atoms with Crippen LogP contribution in [-0.2, 0) is 16.3 Å². The lowest BCUT2D eigenvalue weighted by molar-refractivity contribution is 0.396. The number of nitrogens with zero attached hydrogens (tertiary/aromatic N) is 2. The van der Waals surface area contributed by atoms with Crippen LogP contribution in [0.2, 0.25) is 0 Å². The maximum atomic E-state index is 11.1. The summed E-state index contributed by atoms with van der Waals surface area (Å²) in [5.41, 5.74) is 0.748. The van der Waals surface area contributed by atoms with Crippen molar-refractivity contribution < 1.29 is 13.2 Å². The Kier molecular flexibility index (Phi) is 4.67. The van der Waals surface area contributed by atoms with Gasteiger partial charge in [-0.05, 0) is 0 Å². The summed E-state index contributed by atoms with van der Waals surface area (Å²) in [5.74, 6) is 0.559. The van der Waals surface area contributed by atoms with Crippen molar-refractivity contribution in [2.24, 2.45) is 0 Å². The first kappa shape index (κ1) is 13.4. The fourth-order valence-corrected chi connectivity index (χ4v) is 3.76. The van der Waals surface area contributed by atoms with E-state index in [0.717, 1.165) is 5.69 Å². The lowest BCUT2D eigenvalue weighted by Crippen LogP contribution is -2.17. The molecule has 1 rings (SSSR count). The van der Waals surface area contributed by atoms with Gasteiger partial charge in [0.1, 0.15) is 16.2 Å². The quantitative estimate of drug-likeness (QED) is 0.754. The third-order valence-electron chi connectivity index (χ3n) is 1.82. The molecule has 0 saturated heterocycles. The summed E-state index contributed by atoms with van der Waals surface area (Å²) in [5, 5.41) is 0. The Bertz CT molecular complexity index is 450. The number of alkyl halides is 1. The van der Waals surface area contributed by atoms with Crippen LogP contribution in [0.4, 0.5) is 0 Å². The minimum Gasteiger partial charge on any atom is -0.481 e. The van der Waals surface area contributed by atoms with E-state index in [9.17, 15) is 8.42 Å². The van der Waals surface area contributed by atoms with Gasteiger partial charge in [0.2, 0.25) is 5.88 Å². The van der Waals surface area contributed by atoms with Gasteiger partial charge in [-0.3, -0.25) is 0 Å². The van der Waals surface area contributed by atoms with E-state index in [1.165, 1.54) is 19.7 Å². The van der Waals surface area contributed by atoms with Crippen LogP contribution in [0.3, 0.4) is 0 Å². The number of halogens is 1. The van der Waals surface area contributed by atoms with Crippen molar-refractivity contribution in [2.45, 2.75) is 11.2 Å².